The average Bonchev–Trinajstić information content (AvgIpc) is 3.37. The first-order valence-electron chi connectivity index (χ1n) is 10.8. The summed E-state index contributed by atoms with van der Waals surface area (Å²) < 4.78 is 5.57. The van der Waals surface area contributed by atoms with Crippen LogP contribution in [0.5, 0.6) is 0 Å². The second-order valence-corrected chi connectivity index (χ2v) is 9.20. The summed E-state index contributed by atoms with van der Waals surface area (Å²) in [6.45, 7) is 5.79. The number of anilines is 1. The highest BCUT2D eigenvalue weighted by molar-refractivity contribution is 6.00. The van der Waals surface area contributed by atoms with Gasteiger partial charge in [-0.2, -0.15) is 0 Å². The number of nitrogens with one attached hydrogen (secondary N) is 2. The molecule has 8 nitrogen and oxygen atoms in total. The smallest absolute Gasteiger partial charge is 0.410 e. The standard InChI is InChI=1S/C25H27N3O5/c1-25(2,3)33-24(32)28-12-11-18(15-7-5-4-6-8-15)21(28)22(29)26-17-9-10-19-16(13-17)14-20(27-19)23(30)31/h4-10,13-14,18,21,27H,11-12H2,1-3H3,(H,26,29)(H,30,31)/t18-,21+/m0/s1. The number of fused-ring (bicyclic) bond motifs is 1. The number of likely N-dealkylation sites (tertiary alicyclic amines) is 1. The van der Waals surface area contributed by atoms with Crippen molar-refractivity contribution in [2.24, 2.45) is 0 Å². The van der Waals surface area contributed by atoms with Gasteiger partial charge in [-0.15, -0.1) is 0 Å². The molecule has 0 aliphatic carbocycles. The van der Waals surface area contributed by atoms with Crippen molar-refractivity contribution in [1.29, 1.82) is 0 Å². The molecule has 2 atom stereocenters. The van der Waals surface area contributed by atoms with Gasteiger partial charge in [-0.3, -0.25) is 9.69 Å². The maximum absolute atomic E-state index is 13.5. The molecule has 2 heterocycles. The number of benzene rings is 2. The van der Waals surface area contributed by atoms with Crippen LogP contribution in [0.1, 0.15) is 49.2 Å². The lowest BCUT2D eigenvalue weighted by Gasteiger charge is -2.30. The summed E-state index contributed by atoms with van der Waals surface area (Å²) in [6, 6.07) is 15.6. The fourth-order valence-corrected chi connectivity index (χ4v) is 4.23. The number of carbonyl (C=O) groups excluding carboxylic acids is 2. The minimum atomic E-state index is -1.05. The van der Waals surface area contributed by atoms with E-state index in [4.69, 9.17) is 4.74 Å². The molecule has 2 amide bonds. The number of hydrogen-bond donors (Lipinski definition) is 3. The first-order chi connectivity index (χ1) is 15.6. The van der Waals surface area contributed by atoms with Gasteiger partial charge in [0.25, 0.3) is 0 Å². The van der Waals surface area contributed by atoms with Gasteiger partial charge in [-0.05, 0) is 57.0 Å². The highest BCUT2D eigenvalue weighted by Crippen LogP contribution is 2.35. The van der Waals surface area contributed by atoms with Crippen molar-refractivity contribution in [2.75, 3.05) is 11.9 Å². The van der Waals surface area contributed by atoms with Gasteiger partial charge in [0.2, 0.25) is 5.91 Å². The van der Waals surface area contributed by atoms with Gasteiger partial charge in [0, 0.05) is 29.1 Å². The minimum absolute atomic E-state index is 0.0736. The molecule has 0 spiro atoms. The monoisotopic (exact) mass is 449 g/mol. The topological polar surface area (TPSA) is 112 Å². The second-order valence-electron chi connectivity index (χ2n) is 9.20. The minimum Gasteiger partial charge on any atom is -0.477 e. The quantitative estimate of drug-likeness (QED) is 0.539. The molecule has 1 fully saturated rings. The summed E-state index contributed by atoms with van der Waals surface area (Å²) in [5.41, 5.74) is 1.56. The summed E-state index contributed by atoms with van der Waals surface area (Å²) in [5.74, 6) is -1.55. The summed E-state index contributed by atoms with van der Waals surface area (Å²) >= 11 is 0. The van der Waals surface area contributed by atoms with Gasteiger partial charge in [0.15, 0.2) is 0 Å². The van der Waals surface area contributed by atoms with E-state index in [0.29, 0.717) is 29.6 Å². The number of carboxylic acid groups (broad SMARTS) is 1. The highest BCUT2D eigenvalue weighted by atomic mass is 16.6. The van der Waals surface area contributed by atoms with Crippen LogP contribution in [0.25, 0.3) is 10.9 Å². The largest absolute Gasteiger partial charge is 0.477 e. The number of hydrogen-bond acceptors (Lipinski definition) is 4. The van der Waals surface area contributed by atoms with Crippen LogP contribution in [-0.4, -0.2) is 51.1 Å². The first-order valence-corrected chi connectivity index (χ1v) is 10.8. The Labute approximate surface area is 191 Å². The molecular formula is C25H27N3O5. The number of aromatic carboxylic acids is 1. The summed E-state index contributed by atoms with van der Waals surface area (Å²) in [7, 11) is 0. The van der Waals surface area contributed by atoms with E-state index < -0.39 is 23.7 Å². The van der Waals surface area contributed by atoms with Gasteiger partial charge in [0.1, 0.15) is 17.3 Å². The van der Waals surface area contributed by atoms with E-state index in [-0.39, 0.29) is 17.5 Å². The van der Waals surface area contributed by atoms with E-state index in [9.17, 15) is 19.5 Å². The van der Waals surface area contributed by atoms with Gasteiger partial charge in [0.05, 0.1) is 0 Å². The third-order valence-corrected chi connectivity index (χ3v) is 5.64. The van der Waals surface area contributed by atoms with Crippen LogP contribution in [-0.2, 0) is 9.53 Å². The molecule has 2 aromatic carbocycles. The lowest BCUT2D eigenvalue weighted by atomic mass is 9.91. The zero-order chi connectivity index (χ0) is 23.8. The maximum atomic E-state index is 13.5. The van der Waals surface area contributed by atoms with Gasteiger partial charge in [-0.1, -0.05) is 30.3 Å². The van der Waals surface area contributed by atoms with E-state index >= 15 is 0 Å². The van der Waals surface area contributed by atoms with Gasteiger partial charge >= 0.3 is 12.1 Å². The molecule has 4 rings (SSSR count). The molecule has 172 valence electrons. The summed E-state index contributed by atoms with van der Waals surface area (Å²) in [4.78, 5) is 41.9. The number of ether oxygens (including phenoxy) is 1. The Hall–Kier alpha value is -3.81. The molecule has 1 saturated heterocycles. The number of aromatic amines is 1. The Morgan fingerprint density at radius 2 is 1.82 bits per heavy atom. The fourth-order valence-electron chi connectivity index (χ4n) is 4.23. The number of H-pyrrole nitrogens is 1. The Balaban J connectivity index is 1.62. The second kappa shape index (κ2) is 8.61. The molecular weight excluding hydrogens is 422 g/mol. The molecule has 1 aromatic heterocycles. The van der Waals surface area contributed by atoms with Crippen LogP contribution < -0.4 is 5.32 Å². The predicted molar refractivity (Wildman–Crippen MR) is 124 cm³/mol. The summed E-state index contributed by atoms with van der Waals surface area (Å²) in [6.07, 6.45) is 0.119. The fraction of sp³-hybridized carbons (Fsp3) is 0.320. The molecule has 0 bridgehead atoms. The van der Waals surface area contributed by atoms with E-state index in [0.717, 1.165) is 5.56 Å². The third-order valence-electron chi connectivity index (χ3n) is 5.64. The predicted octanol–water partition coefficient (Wildman–Crippen LogP) is 4.60. The number of amides is 2. The Morgan fingerprint density at radius 1 is 1.09 bits per heavy atom. The number of nitrogens with zero attached hydrogens (tertiary/aromatic N) is 1. The average molecular weight is 450 g/mol. The zero-order valence-corrected chi connectivity index (χ0v) is 18.8. The van der Waals surface area contributed by atoms with Crippen LogP contribution in [0, 0.1) is 0 Å². The van der Waals surface area contributed by atoms with E-state index in [2.05, 4.69) is 10.3 Å². The molecule has 3 N–H and O–H groups in total. The van der Waals surface area contributed by atoms with Gasteiger partial charge < -0.3 is 20.1 Å². The van der Waals surface area contributed by atoms with Crippen molar-refractivity contribution in [1.82, 2.24) is 9.88 Å². The molecule has 1 aliphatic heterocycles. The van der Waals surface area contributed by atoms with Crippen molar-refractivity contribution in [3.63, 3.8) is 0 Å². The number of aromatic nitrogens is 1. The lowest BCUT2D eigenvalue weighted by Crippen LogP contribution is -2.47. The van der Waals surface area contributed by atoms with Crippen molar-refractivity contribution in [3.8, 4) is 0 Å². The normalized spacial score (nSPS) is 18.3. The van der Waals surface area contributed by atoms with E-state index in [1.807, 2.05) is 30.3 Å². The highest BCUT2D eigenvalue weighted by Gasteiger charge is 2.44. The molecule has 3 aromatic rings. The molecule has 0 radical (unpaired) electrons. The molecule has 0 unspecified atom stereocenters. The third kappa shape index (κ3) is 4.84. The lowest BCUT2D eigenvalue weighted by molar-refractivity contribution is -0.120. The van der Waals surface area contributed by atoms with Crippen LogP contribution in [0.15, 0.2) is 54.6 Å². The first kappa shape index (κ1) is 22.4. The number of carbonyl (C=O) groups is 3. The number of rotatable bonds is 4. The molecule has 33 heavy (non-hydrogen) atoms. The van der Waals surface area contributed by atoms with Crippen LogP contribution in [0.4, 0.5) is 10.5 Å². The SMILES string of the molecule is CC(C)(C)OC(=O)N1CC[C@@H](c2ccccc2)[C@@H]1C(=O)Nc1ccc2[nH]c(C(=O)O)cc2c1. The molecule has 0 saturated carbocycles. The van der Waals surface area contributed by atoms with Crippen molar-refractivity contribution < 1.29 is 24.2 Å². The molecule has 1 aliphatic rings. The van der Waals surface area contributed by atoms with Crippen LogP contribution >= 0.6 is 0 Å². The van der Waals surface area contributed by atoms with E-state index in [1.165, 1.54) is 11.0 Å². The van der Waals surface area contributed by atoms with Crippen molar-refractivity contribution in [3.05, 3.63) is 65.9 Å². The Morgan fingerprint density at radius 3 is 2.48 bits per heavy atom. The Bertz CT molecular complexity index is 1200. The Kier molecular flexibility index (Phi) is 5.84. The zero-order valence-electron chi connectivity index (χ0n) is 18.8. The van der Waals surface area contributed by atoms with Crippen LogP contribution in [0.3, 0.4) is 0 Å². The van der Waals surface area contributed by atoms with Crippen molar-refractivity contribution in [2.45, 2.75) is 44.8 Å². The van der Waals surface area contributed by atoms with E-state index in [1.54, 1.807) is 39.0 Å². The molecule has 8 heteroatoms. The van der Waals surface area contributed by atoms with Gasteiger partial charge in [-0.25, -0.2) is 9.59 Å². The van der Waals surface area contributed by atoms with Crippen molar-refractivity contribution >= 4 is 34.6 Å². The number of carboxylic acids is 1. The van der Waals surface area contributed by atoms with Crippen LogP contribution in [0.2, 0.25) is 0 Å². The maximum Gasteiger partial charge on any atom is 0.410 e. The summed E-state index contributed by atoms with van der Waals surface area (Å²) in [5, 5.41) is 12.8.